The van der Waals surface area contributed by atoms with Crippen molar-refractivity contribution in [3.63, 3.8) is 0 Å². The zero-order chi connectivity index (χ0) is 20.5. The molecule has 0 spiro atoms. The van der Waals surface area contributed by atoms with E-state index in [-0.39, 0.29) is 24.0 Å². The van der Waals surface area contributed by atoms with Gasteiger partial charge in [0, 0.05) is 32.5 Å². The molecule has 0 bridgehead atoms. The van der Waals surface area contributed by atoms with Crippen LogP contribution in [0.5, 0.6) is 5.75 Å². The number of nitrogens with zero attached hydrogens (tertiary/aromatic N) is 3. The summed E-state index contributed by atoms with van der Waals surface area (Å²) in [5.41, 5.74) is 2.53. The predicted octanol–water partition coefficient (Wildman–Crippen LogP) is 3.93. The quantitative estimate of drug-likeness (QED) is 0.312. The Kier molecular flexibility index (Phi) is 10.5. The lowest BCUT2D eigenvalue weighted by atomic mass is 10.0. The van der Waals surface area contributed by atoms with Gasteiger partial charge in [-0.3, -0.25) is 4.90 Å². The number of methoxy groups -OCH3 is 1. The molecule has 0 saturated carbocycles. The Labute approximate surface area is 198 Å². The Morgan fingerprint density at radius 2 is 1.83 bits per heavy atom. The molecule has 0 aliphatic carbocycles. The van der Waals surface area contributed by atoms with E-state index in [9.17, 15) is 0 Å². The van der Waals surface area contributed by atoms with Gasteiger partial charge in [-0.1, -0.05) is 18.6 Å². The lowest BCUT2D eigenvalue weighted by Crippen LogP contribution is -2.44. The third-order valence-electron chi connectivity index (χ3n) is 5.45. The van der Waals surface area contributed by atoms with Crippen LogP contribution in [0.3, 0.4) is 0 Å². The lowest BCUT2D eigenvalue weighted by Gasteiger charge is -2.35. The summed E-state index contributed by atoms with van der Waals surface area (Å²) in [5, 5.41) is 6.96. The standard InChI is InChI=1S/C23H35N5O.HI/c1-4-24-23(25-16-19-12-15-27(2)18-19)26-17-22(28-13-6-5-7-14-28)20-8-10-21(29-3)11-9-20;/h8-12,15,18,22H,4-7,13-14,16-17H2,1-3H3,(H2,24,25,26);1H. The second-order valence-corrected chi connectivity index (χ2v) is 7.65. The maximum atomic E-state index is 5.34. The molecular formula is C23H36IN5O. The number of piperidine rings is 1. The Bertz CT molecular complexity index is 768. The molecule has 1 aromatic carbocycles. The van der Waals surface area contributed by atoms with Gasteiger partial charge in [-0.25, -0.2) is 4.99 Å². The molecule has 1 fully saturated rings. The maximum absolute atomic E-state index is 5.34. The molecule has 7 heteroatoms. The Morgan fingerprint density at radius 1 is 1.10 bits per heavy atom. The van der Waals surface area contributed by atoms with Crippen molar-refractivity contribution in [2.24, 2.45) is 12.0 Å². The van der Waals surface area contributed by atoms with Crippen LogP contribution in [0.25, 0.3) is 0 Å². The number of hydrogen-bond acceptors (Lipinski definition) is 3. The normalized spacial score (nSPS) is 15.9. The highest BCUT2D eigenvalue weighted by atomic mass is 127. The number of rotatable bonds is 8. The SMILES string of the molecule is CCNC(=NCc1ccn(C)c1)NCC(c1ccc(OC)cc1)N1CCCCC1.I. The van der Waals surface area contributed by atoms with Crippen LogP contribution in [-0.2, 0) is 13.6 Å². The van der Waals surface area contributed by atoms with Crippen LogP contribution in [0.1, 0.15) is 43.4 Å². The van der Waals surface area contributed by atoms with Crippen molar-refractivity contribution < 1.29 is 4.74 Å². The second-order valence-electron chi connectivity index (χ2n) is 7.65. The summed E-state index contributed by atoms with van der Waals surface area (Å²) in [5.74, 6) is 1.77. The van der Waals surface area contributed by atoms with Crippen LogP contribution in [0.15, 0.2) is 47.7 Å². The summed E-state index contributed by atoms with van der Waals surface area (Å²) in [6.07, 6.45) is 8.05. The molecule has 2 aromatic rings. The lowest BCUT2D eigenvalue weighted by molar-refractivity contribution is 0.164. The van der Waals surface area contributed by atoms with E-state index in [0.29, 0.717) is 12.6 Å². The number of halogens is 1. The largest absolute Gasteiger partial charge is 0.497 e. The molecular weight excluding hydrogens is 489 g/mol. The van der Waals surface area contributed by atoms with Crippen LogP contribution in [0.4, 0.5) is 0 Å². The number of benzene rings is 1. The Balaban J connectivity index is 0.00000320. The zero-order valence-electron chi connectivity index (χ0n) is 18.4. The van der Waals surface area contributed by atoms with E-state index in [4.69, 9.17) is 9.73 Å². The van der Waals surface area contributed by atoms with E-state index in [1.54, 1.807) is 7.11 Å². The van der Waals surface area contributed by atoms with E-state index in [1.807, 2.05) is 7.05 Å². The molecule has 1 aromatic heterocycles. The highest BCUT2D eigenvalue weighted by molar-refractivity contribution is 14.0. The molecule has 2 N–H and O–H groups in total. The number of likely N-dealkylation sites (tertiary alicyclic amines) is 1. The molecule has 30 heavy (non-hydrogen) atoms. The molecule has 0 amide bonds. The van der Waals surface area contributed by atoms with Crippen molar-refractivity contribution in [1.29, 1.82) is 0 Å². The van der Waals surface area contributed by atoms with E-state index in [1.165, 1.54) is 30.4 Å². The van der Waals surface area contributed by atoms with Crippen LogP contribution in [0, 0.1) is 0 Å². The summed E-state index contributed by atoms with van der Waals surface area (Å²) in [6.45, 7) is 6.75. The third-order valence-corrected chi connectivity index (χ3v) is 5.45. The first-order valence-corrected chi connectivity index (χ1v) is 10.7. The van der Waals surface area contributed by atoms with Crippen molar-refractivity contribution in [3.8, 4) is 5.75 Å². The molecule has 1 unspecified atom stereocenters. The molecule has 166 valence electrons. The summed E-state index contributed by atoms with van der Waals surface area (Å²) in [6, 6.07) is 10.9. The highest BCUT2D eigenvalue weighted by Gasteiger charge is 2.22. The van der Waals surface area contributed by atoms with Gasteiger partial charge >= 0.3 is 0 Å². The summed E-state index contributed by atoms with van der Waals surface area (Å²) in [4.78, 5) is 7.37. The Hall–Kier alpha value is -1.74. The van der Waals surface area contributed by atoms with Gasteiger partial charge in [-0.15, -0.1) is 24.0 Å². The molecule has 0 radical (unpaired) electrons. The van der Waals surface area contributed by atoms with Gasteiger partial charge in [0.15, 0.2) is 5.96 Å². The average Bonchev–Trinajstić information content (AvgIpc) is 3.18. The number of ether oxygens (including phenoxy) is 1. The second kappa shape index (κ2) is 12.8. The van der Waals surface area contributed by atoms with E-state index in [2.05, 4.69) is 69.7 Å². The average molecular weight is 525 g/mol. The topological polar surface area (TPSA) is 53.8 Å². The first kappa shape index (κ1) is 24.5. The minimum atomic E-state index is 0. The number of guanidine groups is 1. The minimum Gasteiger partial charge on any atom is -0.497 e. The minimum absolute atomic E-state index is 0. The van der Waals surface area contributed by atoms with Crippen molar-refractivity contribution in [1.82, 2.24) is 20.1 Å². The summed E-state index contributed by atoms with van der Waals surface area (Å²) >= 11 is 0. The van der Waals surface area contributed by atoms with Crippen LogP contribution < -0.4 is 15.4 Å². The van der Waals surface area contributed by atoms with Crippen molar-refractivity contribution >= 4 is 29.9 Å². The van der Waals surface area contributed by atoms with Crippen LogP contribution in [0.2, 0.25) is 0 Å². The fraction of sp³-hybridized carbons (Fsp3) is 0.522. The monoisotopic (exact) mass is 525 g/mol. The number of aliphatic imine (C=N–C) groups is 1. The first-order valence-electron chi connectivity index (χ1n) is 10.7. The number of aryl methyl sites for hydroxylation is 1. The molecule has 1 saturated heterocycles. The summed E-state index contributed by atoms with van der Waals surface area (Å²) in [7, 11) is 3.75. The highest BCUT2D eigenvalue weighted by Crippen LogP contribution is 2.25. The maximum Gasteiger partial charge on any atom is 0.191 e. The smallest absolute Gasteiger partial charge is 0.191 e. The summed E-state index contributed by atoms with van der Waals surface area (Å²) < 4.78 is 7.40. The molecule has 1 aliphatic heterocycles. The van der Waals surface area contributed by atoms with Gasteiger partial charge < -0.3 is 19.9 Å². The van der Waals surface area contributed by atoms with E-state index >= 15 is 0 Å². The number of nitrogens with one attached hydrogen (secondary N) is 2. The third kappa shape index (κ3) is 7.19. The van der Waals surface area contributed by atoms with Crippen LogP contribution >= 0.6 is 24.0 Å². The van der Waals surface area contributed by atoms with Crippen molar-refractivity contribution in [2.75, 3.05) is 33.3 Å². The predicted molar refractivity (Wildman–Crippen MR) is 135 cm³/mol. The molecule has 3 rings (SSSR count). The van der Waals surface area contributed by atoms with Gasteiger partial charge in [0.25, 0.3) is 0 Å². The fourth-order valence-electron chi connectivity index (χ4n) is 3.87. The van der Waals surface area contributed by atoms with Gasteiger partial charge in [0.05, 0.1) is 19.7 Å². The van der Waals surface area contributed by atoms with Crippen molar-refractivity contribution in [2.45, 2.75) is 38.8 Å². The van der Waals surface area contributed by atoms with Crippen LogP contribution in [-0.4, -0.2) is 48.7 Å². The molecule has 1 atom stereocenters. The fourth-order valence-corrected chi connectivity index (χ4v) is 3.87. The zero-order valence-corrected chi connectivity index (χ0v) is 20.8. The molecule has 2 heterocycles. The van der Waals surface area contributed by atoms with E-state index < -0.39 is 0 Å². The van der Waals surface area contributed by atoms with Gasteiger partial charge in [0.2, 0.25) is 0 Å². The van der Waals surface area contributed by atoms with E-state index in [0.717, 1.165) is 37.9 Å². The van der Waals surface area contributed by atoms with Crippen molar-refractivity contribution in [3.05, 3.63) is 53.9 Å². The number of hydrogen-bond donors (Lipinski definition) is 2. The van der Waals surface area contributed by atoms with Gasteiger partial charge in [0.1, 0.15) is 5.75 Å². The van der Waals surface area contributed by atoms with Gasteiger partial charge in [-0.05, 0) is 62.2 Å². The molecule has 1 aliphatic rings. The Morgan fingerprint density at radius 3 is 2.43 bits per heavy atom. The van der Waals surface area contributed by atoms with Gasteiger partial charge in [-0.2, -0.15) is 0 Å². The number of aromatic nitrogens is 1. The molecule has 6 nitrogen and oxygen atoms in total. The first-order chi connectivity index (χ1) is 14.2.